The Labute approximate surface area is 162 Å². The summed E-state index contributed by atoms with van der Waals surface area (Å²) < 4.78 is 15.0. The van der Waals surface area contributed by atoms with Gasteiger partial charge in [-0.05, 0) is 50.2 Å². The third kappa shape index (κ3) is 4.85. The molecule has 0 aliphatic carbocycles. The fraction of sp³-hybridized carbons (Fsp3) is 0.250. The van der Waals surface area contributed by atoms with Gasteiger partial charge in [0.05, 0.1) is 17.4 Å². The van der Waals surface area contributed by atoms with Crippen LogP contribution in [-0.2, 0) is 6.54 Å². The number of halogens is 1. The van der Waals surface area contributed by atoms with Gasteiger partial charge in [0.15, 0.2) is 0 Å². The van der Waals surface area contributed by atoms with Crippen LogP contribution >= 0.6 is 0 Å². The summed E-state index contributed by atoms with van der Waals surface area (Å²) in [6.07, 6.45) is 1.67. The zero-order valence-corrected chi connectivity index (χ0v) is 15.7. The number of benzene rings is 2. The van der Waals surface area contributed by atoms with Crippen molar-refractivity contribution in [2.45, 2.75) is 26.4 Å². The molecule has 8 heteroatoms. The molecule has 1 aromatic heterocycles. The van der Waals surface area contributed by atoms with Crippen molar-refractivity contribution < 1.29 is 14.0 Å². The van der Waals surface area contributed by atoms with Crippen LogP contribution in [-0.4, -0.2) is 34.1 Å². The molecule has 0 saturated heterocycles. The number of urea groups is 1. The van der Waals surface area contributed by atoms with Gasteiger partial charge in [-0.3, -0.25) is 4.79 Å². The first-order valence-corrected chi connectivity index (χ1v) is 8.98. The van der Waals surface area contributed by atoms with Gasteiger partial charge in [-0.15, -0.1) is 0 Å². The van der Waals surface area contributed by atoms with Crippen LogP contribution in [0.2, 0.25) is 0 Å². The Hall–Kier alpha value is -3.42. The Morgan fingerprint density at radius 1 is 1.18 bits per heavy atom. The molecule has 7 nitrogen and oxygen atoms in total. The highest BCUT2D eigenvalue weighted by molar-refractivity contribution is 5.97. The molecule has 2 aromatic carbocycles. The van der Waals surface area contributed by atoms with Gasteiger partial charge in [0.25, 0.3) is 5.91 Å². The van der Waals surface area contributed by atoms with E-state index in [4.69, 9.17) is 0 Å². The second kappa shape index (κ2) is 8.51. The summed E-state index contributed by atoms with van der Waals surface area (Å²) in [7, 11) is 0. The fourth-order valence-electron chi connectivity index (χ4n) is 2.76. The number of aromatic nitrogens is 2. The van der Waals surface area contributed by atoms with Gasteiger partial charge in [-0.25, -0.2) is 14.2 Å². The van der Waals surface area contributed by atoms with Gasteiger partial charge in [0, 0.05) is 30.4 Å². The Morgan fingerprint density at radius 2 is 2.00 bits per heavy atom. The highest BCUT2D eigenvalue weighted by atomic mass is 19.1. The van der Waals surface area contributed by atoms with Crippen LogP contribution in [0.4, 0.5) is 14.9 Å². The number of hydrogen-bond donors (Lipinski definition) is 3. The van der Waals surface area contributed by atoms with Gasteiger partial charge in [-0.1, -0.05) is 6.07 Å². The Balaban J connectivity index is 1.57. The SMILES string of the molecule is CC(C)NC(=O)c1ccc2c(c1)ncn2CCNC(=O)Nc1cccc(F)c1. The van der Waals surface area contributed by atoms with E-state index in [0.29, 0.717) is 29.9 Å². The van der Waals surface area contributed by atoms with Crippen molar-refractivity contribution in [3.8, 4) is 0 Å². The Kier molecular flexibility index (Phi) is 5.88. The summed E-state index contributed by atoms with van der Waals surface area (Å²) in [4.78, 5) is 28.3. The zero-order chi connectivity index (χ0) is 20.1. The van der Waals surface area contributed by atoms with Crippen molar-refractivity contribution in [3.63, 3.8) is 0 Å². The molecule has 0 spiro atoms. The molecule has 0 unspecified atom stereocenters. The van der Waals surface area contributed by atoms with E-state index in [0.717, 1.165) is 5.52 Å². The number of carbonyl (C=O) groups excluding carboxylic acids is 2. The minimum Gasteiger partial charge on any atom is -0.350 e. The van der Waals surface area contributed by atoms with Crippen LogP contribution < -0.4 is 16.0 Å². The lowest BCUT2D eigenvalue weighted by Gasteiger charge is -2.10. The molecule has 3 aromatic rings. The van der Waals surface area contributed by atoms with E-state index < -0.39 is 11.8 Å². The molecule has 1 heterocycles. The number of nitrogens with one attached hydrogen (secondary N) is 3. The molecule has 0 bridgehead atoms. The van der Waals surface area contributed by atoms with E-state index in [1.165, 1.54) is 18.2 Å². The van der Waals surface area contributed by atoms with Crippen LogP contribution in [0.5, 0.6) is 0 Å². The van der Waals surface area contributed by atoms with E-state index >= 15 is 0 Å². The molecule has 3 amide bonds. The molecule has 0 atom stereocenters. The summed E-state index contributed by atoms with van der Waals surface area (Å²) in [5.74, 6) is -0.550. The monoisotopic (exact) mass is 383 g/mol. The highest BCUT2D eigenvalue weighted by Gasteiger charge is 2.10. The van der Waals surface area contributed by atoms with E-state index in [2.05, 4.69) is 20.9 Å². The lowest BCUT2D eigenvalue weighted by molar-refractivity contribution is 0.0943. The van der Waals surface area contributed by atoms with Crippen molar-refractivity contribution >= 4 is 28.7 Å². The third-order valence-electron chi connectivity index (χ3n) is 4.02. The van der Waals surface area contributed by atoms with E-state index in [1.54, 1.807) is 24.5 Å². The van der Waals surface area contributed by atoms with Crippen molar-refractivity contribution in [3.05, 3.63) is 60.2 Å². The smallest absolute Gasteiger partial charge is 0.319 e. The molecule has 0 aliphatic rings. The largest absolute Gasteiger partial charge is 0.350 e. The highest BCUT2D eigenvalue weighted by Crippen LogP contribution is 2.15. The topological polar surface area (TPSA) is 88.1 Å². The minimum absolute atomic E-state index is 0.0605. The lowest BCUT2D eigenvalue weighted by Crippen LogP contribution is -2.31. The lowest BCUT2D eigenvalue weighted by atomic mass is 10.2. The molecule has 3 rings (SSSR count). The number of imidazole rings is 1. The number of carbonyl (C=O) groups is 2. The van der Waals surface area contributed by atoms with Crippen LogP contribution in [0, 0.1) is 5.82 Å². The van der Waals surface area contributed by atoms with Crippen LogP contribution in [0.3, 0.4) is 0 Å². The Morgan fingerprint density at radius 3 is 2.75 bits per heavy atom. The number of hydrogen-bond acceptors (Lipinski definition) is 3. The molecular weight excluding hydrogens is 361 g/mol. The second-order valence-electron chi connectivity index (χ2n) is 6.66. The van der Waals surface area contributed by atoms with Crippen LogP contribution in [0.1, 0.15) is 24.2 Å². The van der Waals surface area contributed by atoms with Crippen molar-refractivity contribution in [2.75, 3.05) is 11.9 Å². The van der Waals surface area contributed by atoms with Gasteiger partial charge in [0.1, 0.15) is 5.82 Å². The quantitative estimate of drug-likeness (QED) is 0.611. The zero-order valence-electron chi connectivity index (χ0n) is 15.7. The summed E-state index contributed by atoms with van der Waals surface area (Å²) in [6, 6.07) is 10.7. The standard InChI is InChI=1S/C20H22FN5O2/c1-13(2)24-19(27)14-6-7-18-17(10-14)23-12-26(18)9-8-22-20(28)25-16-5-3-4-15(21)11-16/h3-7,10-13H,8-9H2,1-2H3,(H,24,27)(H2,22,25,28). The first-order chi connectivity index (χ1) is 13.4. The molecule has 146 valence electrons. The molecular formula is C20H22FN5O2. The predicted octanol–water partition coefficient (Wildman–Crippen LogP) is 3.14. The summed E-state index contributed by atoms with van der Waals surface area (Å²) in [5.41, 5.74) is 2.52. The summed E-state index contributed by atoms with van der Waals surface area (Å²) >= 11 is 0. The summed E-state index contributed by atoms with van der Waals surface area (Å²) in [5, 5.41) is 8.14. The molecule has 0 saturated carbocycles. The van der Waals surface area contributed by atoms with Crippen LogP contribution in [0.15, 0.2) is 48.8 Å². The van der Waals surface area contributed by atoms with Crippen molar-refractivity contribution in [2.24, 2.45) is 0 Å². The average Bonchev–Trinajstić information content (AvgIpc) is 3.03. The van der Waals surface area contributed by atoms with Gasteiger partial charge in [-0.2, -0.15) is 0 Å². The number of anilines is 1. The molecule has 3 N–H and O–H groups in total. The van der Waals surface area contributed by atoms with E-state index in [9.17, 15) is 14.0 Å². The maximum absolute atomic E-state index is 13.1. The average molecular weight is 383 g/mol. The fourth-order valence-corrected chi connectivity index (χ4v) is 2.76. The van der Waals surface area contributed by atoms with Crippen LogP contribution in [0.25, 0.3) is 11.0 Å². The molecule has 0 fully saturated rings. The number of rotatable bonds is 6. The Bertz CT molecular complexity index is 999. The van der Waals surface area contributed by atoms with Gasteiger partial charge < -0.3 is 20.5 Å². The van der Waals surface area contributed by atoms with Gasteiger partial charge in [0.2, 0.25) is 0 Å². The van der Waals surface area contributed by atoms with E-state index in [-0.39, 0.29) is 11.9 Å². The van der Waals surface area contributed by atoms with Crippen molar-refractivity contribution in [1.82, 2.24) is 20.2 Å². The molecule has 0 radical (unpaired) electrons. The first kappa shape index (κ1) is 19.3. The summed E-state index contributed by atoms with van der Waals surface area (Å²) in [6.45, 7) is 4.68. The van der Waals surface area contributed by atoms with E-state index in [1.807, 2.05) is 24.5 Å². The first-order valence-electron chi connectivity index (χ1n) is 8.98. The number of nitrogens with zero attached hydrogens (tertiary/aromatic N) is 2. The number of fused-ring (bicyclic) bond motifs is 1. The van der Waals surface area contributed by atoms with Crippen molar-refractivity contribution in [1.29, 1.82) is 0 Å². The number of amides is 3. The minimum atomic E-state index is -0.414. The predicted molar refractivity (Wildman–Crippen MR) is 106 cm³/mol. The van der Waals surface area contributed by atoms with Gasteiger partial charge >= 0.3 is 6.03 Å². The third-order valence-corrected chi connectivity index (χ3v) is 4.02. The normalized spacial score (nSPS) is 10.9. The second-order valence-corrected chi connectivity index (χ2v) is 6.66. The maximum atomic E-state index is 13.1. The molecule has 0 aliphatic heterocycles. The maximum Gasteiger partial charge on any atom is 0.319 e. The molecule has 28 heavy (non-hydrogen) atoms.